The standard InChI is InChI=1S/C8H6BF3NO2.K/c10-9(11,12)5-13-6-3-1-2-4-7(6)15-8(13)14;/h1-4H,5H2;/q-1;+1. The zero-order valence-electron chi connectivity index (χ0n) is 8.49. The Balaban J connectivity index is 0.00000128. The van der Waals surface area contributed by atoms with Gasteiger partial charge in [-0.05, 0) is 18.6 Å². The van der Waals surface area contributed by atoms with Gasteiger partial charge in [0, 0.05) is 0 Å². The number of para-hydroxylation sites is 2. The first-order valence-electron chi connectivity index (χ1n) is 4.27. The van der Waals surface area contributed by atoms with Crippen molar-refractivity contribution in [3.8, 4) is 0 Å². The molecule has 0 aliphatic rings. The van der Waals surface area contributed by atoms with E-state index in [0.29, 0.717) is 4.57 Å². The minimum absolute atomic E-state index is 0. The topological polar surface area (TPSA) is 35.1 Å². The maximum Gasteiger partial charge on any atom is 1.00 e. The monoisotopic (exact) mass is 255 g/mol. The number of oxazole rings is 1. The van der Waals surface area contributed by atoms with Crippen LogP contribution in [0.4, 0.5) is 12.9 Å². The van der Waals surface area contributed by atoms with Gasteiger partial charge in [0.05, 0.1) is 5.52 Å². The van der Waals surface area contributed by atoms with Crippen LogP contribution in [0.5, 0.6) is 0 Å². The molecule has 80 valence electrons. The van der Waals surface area contributed by atoms with Crippen molar-refractivity contribution in [3.05, 3.63) is 34.8 Å². The molecule has 0 radical (unpaired) electrons. The van der Waals surface area contributed by atoms with Crippen LogP contribution in [0, 0.1) is 0 Å². The average Bonchev–Trinajstić information content (AvgIpc) is 2.41. The van der Waals surface area contributed by atoms with Gasteiger partial charge in [0.2, 0.25) is 0 Å². The molecular formula is C8H6BF3KNO2. The van der Waals surface area contributed by atoms with E-state index in [9.17, 15) is 17.7 Å². The Labute approximate surface area is 131 Å². The summed E-state index contributed by atoms with van der Waals surface area (Å²) < 4.78 is 41.8. The fraction of sp³-hybridized carbons (Fsp3) is 0.125. The van der Waals surface area contributed by atoms with Crippen LogP contribution in [0.3, 0.4) is 0 Å². The molecule has 0 aliphatic carbocycles. The van der Waals surface area contributed by atoms with Gasteiger partial charge in [-0.25, -0.2) is 4.79 Å². The number of nitrogens with zero attached hydrogens (tertiary/aromatic N) is 1. The van der Waals surface area contributed by atoms with Crippen molar-refractivity contribution in [1.29, 1.82) is 0 Å². The molecule has 2 aromatic rings. The molecule has 0 bridgehead atoms. The van der Waals surface area contributed by atoms with Crippen LogP contribution in [-0.4, -0.2) is 11.5 Å². The zero-order chi connectivity index (χ0) is 11.1. The zero-order valence-corrected chi connectivity index (χ0v) is 11.6. The molecule has 16 heavy (non-hydrogen) atoms. The summed E-state index contributed by atoms with van der Waals surface area (Å²) in [6.45, 7) is -5.05. The van der Waals surface area contributed by atoms with Gasteiger partial charge in [0.1, 0.15) is 0 Å². The molecule has 0 saturated heterocycles. The number of hydrogen-bond acceptors (Lipinski definition) is 2. The van der Waals surface area contributed by atoms with Crippen molar-refractivity contribution in [2.45, 2.75) is 6.44 Å². The quantitative estimate of drug-likeness (QED) is 0.644. The Morgan fingerprint density at radius 1 is 1.25 bits per heavy atom. The van der Waals surface area contributed by atoms with Crippen molar-refractivity contribution in [2.75, 3.05) is 0 Å². The van der Waals surface area contributed by atoms with E-state index in [1.807, 2.05) is 0 Å². The third kappa shape index (κ3) is 3.01. The largest absolute Gasteiger partial charge is 1.00 e. The normalized spacial score (nSPS) is 11.4. The smallest absolute Gasteiger partial charge is 0.448 e. The van der Waals surface area contributed by atoms with Crippen LogP contribution < -0.4 is 57.1 Å². The van der Waals surface area contributed by atoms with E-state index < -0.39 is 19.2 Å². The molecule has 1 aromatic heterocycles. The van der Waals surface area contributed by atoms with Crippen LogP contribution in [0.25, 0.3) is 11.1 Å². The molecule has 1 aromatic carbocycles. The molecule has 0 aliphatic heterocycles. The SMILES string of the molecule is O=c1oc2ccccc2n1C[B-](F)(F)F.[K+]. The molecule has 0 spiro atoms. The predicted molar refractivity (Wildman–Crippen MR) is 49.6 cm³/mol. The van der Waals surface area contributed by atoms with Gasteiger partial charge in [-0.3, -0.25) is 0 Å². The van der Waals surface area contributed by atoms with E-state index in [1.54, 1.807) is 12.1 Å². The molecule has 0 N–H and O–H groups in total. The Hall–Kier alpha value is -0.0187. The first kappa shape index (κ1) is 14.0. The molecule has 0 unspecified atom stereocenters. The molecule has 2 rings (SSSR count). The maximum atomic E-state index is 12.2. The summed E-state index contributed by atoms with van der Waals surface area (Å²) >= 11 is 0. The minimum Gasteiger partial charge on any atom is -0.448 e. The first-order chi connectivity index (χ1) is 6.97. The van der Waals surface area contributed by atoms with Gasteiger partial charge in [0.15, 0.2) is 5.58 Å². The number of halogens is 3. The third-order valence-corrected chi connectivity index (χ3v) is 1.96. The summed E-state index contributed by atoms with van der Waals surface area (Å²) in [5.74, 6) is -0.976. The van der Waals surface area contributed by atoms with E-state index in [4.69, 9.17) is 0 Å². The van der Waals surface area contributed by atoms with E-state index in [1.165, 1.54) is 12.1 Å². The van der Waals surface area contributed by atoms with Gasteiger partial charge in [0.25, 0.3) is 0 Å². The maximum absolute atomic E-state index is 12.2. The first-order valence-corrected chi connectivity index (χ1v) is 4.27. The number of fused-ring (bicyclic) bond motifs is 1. The predicted octanol–water partition coefficient (Wildman–Crippen LogP) is -1.01. The summed E-state index contributed by atoms with van der Waals surface area (Å²) in [6, 6.07) is 6.02. The number of aromatic nitrogens is 1. The average molecular weight is 255 g/mol. The fourth-order valence-electron chi connectivity index (χ4n) is 1.39. The van der Waals surface area contributed by atoms with E-state index in [0.717, 1.165) is 0 Å². The van der Waals surface area contributed by atoms with Crippen molar-refractivity contribution in [1.82, 2.24) is 4.57 Å². The van der Waals surface area contributed by atoms with E-state index in [2.05, 4.69) is 4.42 Å². The summed E-state index contributed by atoms with van der Waals surface area (Å²) in [5, 5.41) is 0. The van der Waals surface area contributed by atoms with Gasteiger partial charge < -0.3 is 21.9 Å². The molecule has 1 heterocycles. The minimum atomic E-state index is -5.05. The molecule has 8 heteroatoms. The Morgan fingerprint density at radius 3 is 2.50 bits per heavy atom. The summed E-state index contributed by atoms with van der Waals surface area (Å²) in [4.78, 5) is 11.1. The van der Waals surface area contributed by atoms with Crippen LogP contribution >= 0.6 is 0 Å². The van der Waals surface area contributed by atoms with Crippen molar-refractivity contribution in [2.24, 2.45) is 0 Å². The Morgan fingerprint density at radius 2 is 1.88 bits per heavy atom. The van der Waals surface area contributed by atoms with Gasteiger partial charge in [-0.1, -0.05) is 12.1 Å². The van der Waals surface area contributed by atoms with Crippen molar-refractivity contribution < 1.29 is 68.7 Å². The molecular weight excluding hydrogens is 249 g/mol. The second-order valence-corrected chi connectivity index (χ2v) is 3.16. The van der Waals surface area contributed by atoms with Crippen LogP contribution in [-0.2, 0) is 6.44 Å². The second-order valence-electron chi connectivity index (χ2n) is 3.16. The number of rotatable bonds is 2. The summed E-state index contributed by atoms with van der Waals surface area (Å²) in [7, 11) is 0. The molecule has 0 fully saturated rings. The van der Waals surface area contributed by atoms with Crippen molar-refractivity contribution in [3.63, 3.8) is 0 Å². The van der Waals surface area contributed by atoms with Gasteiger partial charge in [-0.2, -0.15) is 0 Å². The molecule has 3 nitrogen and oxygen atoms in total. The summed E-state index contributed by atoms with van der Waals surface area (Å²) in [5.41, 5.74) is 0.337. The summed E-state index contributed by atoms with van der Waals surface area (Å²) in [6.07, 6.45) is -1.27. The molecule has 0 amide bonds. The van der Waals surface area contributed by atoms with Gasteiger partial charge in [-0.15, -0.1) is 0 Å². The fourth-order valence-corrected chi connectivity index (χ4v) is 1.39. The Bertz CT molecular complexity index is 548. The van der Waals surface area contributed by atoms with Crippen LogP contribution in [0.2, 0.25) is 0 Å². The number of hydrogen-bond donors (Lipinski definition) is 0. The Kier molecular flexibility index (Phi) is 4.47. The van der Waals surface area contributed by atoms with E-state index >= 15 is 0 Å². The van der Waals surface area contributed by atoms with E-state index in [-0.39, 0.29) is 62.5 Å². The third-order valence-electron chi connectivity index (χ3n) is 1.96. The van der Waals surface area contributed by atoms with Crippen LogP contribution in [0.1, 0.15) is 0 Å². The van der Waals surface area contributed by atoms with Gasteiger partial charge >= 0.3 is 64.1 Å². The second kappa shape index (κ2) is 5.09. The molecule has 0 saturated carbocycles. The number of benzene rings is 1. The van der Waals surface area contributed by atoms with Crippen molar-refractivity contribution >= 4 is 18.1 Å². The van der Waals surface area contributed by atoms with Crippen LogP contribution in [0.15, 0.2) is 33.5 Å². The molecule has 0 atom stereocenters.